The molecular formula is C13H10FN5. The molecule has 0 saturated carbocycles. The molecule has 3 aromatic rings. The summed E-state index contributed by atoms with van der Waals surface area (Å²) in [7, 11) is 0. The van der Waals surface area contributed by atoms with E-state index in [1.54, 1.807) is 18.5 Å². The molecule has 0 saturated heterocycles. The van der Waals surface area contributed by atoms with Gasteiger partial charge in [-0.15, -0.1) is 15.0 Å². The molecule has 0 aliphatic carbocycles. The summed E-state index contributed by atoms with van der Waals surface area (Å²) >= 11 is 0. The van der Waals surface area contributed by atoms with Gasteiger partial charge in [0, 0.05) is 12.4 Å². The van der Waals surface area contributed by atoms with Crippen molar-refractivity contribution >= 4 is 0 Å². The molecule has 0 N–H and O–H groups in total. The van der Waals surface area contributed by atoms with Crippen molar-refractivity contribution in [1.82, 2.24) is 25.2 Å². The van der Waals surface area contributed by atoms with E-state index in [0.717, 1.165) is 15.9 Å². The Morgan fingerprint density at radius 1 is 1.16 bits per heavy atom. The Morgan fingerprint density at radius 3 is 2.79 bits per heavy atom. The normalized spacial score (nSPS) is 10.6. The van der Waals surface area contributed by atoms with Crippen molar-refractivity contribution < 1.29 is 4.39 Å². The van der Waals surface area contributed by atoms with E-state index in [4.69, 9.17) is 0 Å². The van der Waals surface area contributed by atoms with Gasteiger partial charge in [0.2, 0.25) is 0 Å². The number of pyridine rings is 1. The van der Waals surface area contributed by atoms with Crippen LogP contribution in [-0.2, 0) is 6.42 Å². The predicted octanol–water partition coefficient (Wildman–Crippen LogP) is 1.79. The minimum absolute atomic E-state index is 0.285. The molecule has 0 bridgehead atoms. The lowest BCUT2D eigenvalue weighted by molar-refractivity contribution is 0.590. The molecule has 0 aliphatic heterocycles. The fourth-order valence-corrected chi connectivity index (χ4v) is 1.84. The Morgan fingerprint density at radius 2 is 2.11 bits per heavy atom. The fraction of sp³-hybridized carbons (Fsp3) is 0.0769. The van der Waals surface area contributed by atoms with Crippen molar-refractivity contribution in [1.29, 1.82) is 0 Å². The Bertz CT molecular complexity index is 667. The van der Waals surface area contributed by atoms with E-state index >= 15 is 0 Å². The highest BCUT2D eigenvalue weighted by Crippen LogP contribution is 2.15. The van der Waals surface area contributed by atoms with Gasteiger partial charge in [0.1, 0.15) is 5.69 Å². The molecule has 1 aromatic carbocycles. The van der Waals surface area contributed by atoms with Crippen LogP contribution in [0.3, 0.4) is 0 Å². The maximum absolute atomic E-state index is 14.0. The van der Waals surface area contributed by atoms with E-state index in [-0.39, 0.29) is 11.5 Å². The number of nitrogens with zero attached hydrogens (tertiary/aromatic N) is 5. The molecule has 0 spiro atoms. The topological polar surface area (TPSA) is 56.5 Å². The van der Waals surface area contributed by atoms with Crippen LogP contribution in [0.15, 0.2) is 49.1 Å². The van der Waals surface area contributed by atoms with E-state index in [9.17, 15) is 4.39 Å². The van der Waals surface area contributed by atoms with Crippen molar-refractivity contribution in [2.24, 2.45) is 0 Å². The lowest BCUT2D eigenvalue weighted by Crippen LogP contribution is -2.03. The average molecular weight is 255 g/mol. The van der Waals surface area contributed by atoms with Gasteiger partial charge < -0.3 is 0 Å². The molecule has 0 unspecified atom stereocenters. The number of hydrogen-bond donors (Lipinski definition) is 0. The first kappa shape index (κ1) is 11.5. The maximum atomic E-state index is 14.0. The van der Waals surface area contributed by atoms with Gasteiger partial charge in [-0.05, 0) is 41.0 Å². The van der Waals surface area contributed by atoms with E-state index in [1.807, 2.05) is 18.2 Å². The molecular weight excluding hydrogens is 245 g/mol. The summed E-state index contributed by atoms with van der Waals surface area (Å²) in [4.78, 5) is 5.19. The highest BCUT2D eigenvalue weighted by atomic mass is 19.1. The van der Waals surface area contributed by atoms with Gasteiger partial charge in [0.05, 0.1) is 0 Å². The molecule has 94 valence electrons. The molecule has 0 radical (unpaired) electrons. The van der Waals surface area contributed by atoms with Gasteiger partial charge >= 0.3 is 0 Å². The predicted molar refractivity (Wildman–Crippen MR) is 66.2 cm³/mol. The van der Waals surface area contributed by atoms with Crippen LogP contribution in [0.5, 0.6) is 0 Å². The Hall–Kier alpha value is -2.63. The average Bonchev–Trinajstić information content (AvgIpc) is 2.94. The van der Waals surface area contributed by atoms with Crippen molar-refractivity contribution in [2.45, 2.75) is 6.42 Å². The lowest BCUT2D eigenvalue weighted by atomic mass is 10.1. The van der Waals surface area contributed by atoms with E-state index in [0.29, 0.717) is 6.42 Å². The highest BCUT2D eigenvalue weighted by Gasteiger charge is 2.07. The lowest BCUT2D eigenvalue weighted by Gasteiger charge is -2.05. The number of rotatable bonds is 3. The third kappa shape index (κ3) is 2.47. The maximum Gasteiger partial charge on any atom is 0.162 e. The molecule has 5 nitrogen and oxygen atoms in total. The van der Waals surface area contributed by atoms with Crippen LogP contribution in [0, 0.1) is 5.82 Å². The van der Waals surface area contributed by atoms with Gasteiger partial charge in [-0.2, -0.15) is 0 Å². The second-order valence-corrected chi connectivity index (χ2v) is 4.05. The number of halogens is 1. The van der Waals surface area contributed by atoms with Crippen molar-refractivity contribution in [3.63, 3.8) is 0 Å². The molecule has 0 atom stereocenters. The summed E-state index contributed by atoms with van der Waals surface area (Å²) in [6, 6.07) is 8.78. The highest BCUT2D eigenvalue weighted by molar-refractivity contribution is 5.36. The Kier molecular flexibility index (Phi) is 2.97. The van der Waals surface area contributed by atoms with Gasteiger partial charge in [0.15, 0.2) is 12.1 Å². The summed E-state index contributed by atoms with van der Waals surface area (Å²) in [5.74, 6) is -0.376. The van der Waals surface area contributed by atoms with Gasteiger partial charge in [0.25, 0.3) is 0 Å². The molecule has 2 aromatic heterocycles. The summed E-state index contributed by atoms with van der Waals surface area (Å²) < 4.78 is 14.0. The van der Waals surface area contributed by atoms with Crippen molar-refractivity contribution in [3.8, 4) is 5.69 Å². The second-order valence-electron chi connectivity index (χ2n) is 4.05. The Balaban J connectivity index is 1.88. The van der Waals surface area contributed by atoms with Crippen LogP contribution in [0.25, 0.3) is 5.69 Å². The summed E-state index contributed by atoms with van der Waals surface area (Å²) in [5, 5.41) is 11.0. The first-order valence-corrected chi connectivity index (χ1v) is 5.73. The zero-order chi connectivity index (χ0) is 13.1. The quantitative estimate of drug-likeness (QED) is 0.716. The summed E-state index contributed by atoms with van der Waals surface area (Å²) in [6.45, 7) is 0. The van der Waals surface area contributed by atoms with Crippen LogP contribution in [-0.4, -0.2) is 25.2 Å². The Labute approximate surface area is 108 Å². The molecule has 2 heterocycles. The number of hydrogen-bond acceptors (Lipinski definition) is 4. The van der Waals surface area contributed by atoms with E-state index in [1.165, 1.54) is 12.4 Å². The third-order valence-electron chi connectivity index (χ3n) is 2.71. The number of benzene rings is 1. The van der Waals surface area contributed by atoms with Crippen LogP contribution in [0.1, 0.15) is 11.1 Å². The summed E-state index contributed by atoms with van der Waals surface area (Å²) in [6.07, 6.45) is 5.38. The van der Waals surface area contributed by atoms with Crippen LogP contribution >= 0.6 is 0 Å². The number of tetrazole rings is 1. The first-order valence-electron chi connectivity index (χ1n) is 5.73. The smallest absolute Gasteiger partial charge is 0.162 e. The minimum Gasteiger partial charge on any atom is -0.264 e. The molecule has 0 fully saturated rings. The van der Waals surface area contributed by atoms with Crippen LogP contribution < -0.4 is 0 Å². The zero-order valence-electron chi connectivity index (χ0n) is 9.94. The number of aromatic nitrogens is 5. The molecule has 0 aliphatic rings. The first-order chi connectivity index (χ1) is 9.33. The SMILES string of the molecule is Fc1cc(Cc2cccnc2)ccc1-n1ncnn1. The minimum atomic E-state index is -0.376. The summed E-state index contributed by atoms with van der Waals surface area (Å²) in [5.41, 5.74) is 2.19. The monoisotopic (exact) mass is 255 g/mol. The second kappa shape index (κ2) is 4.93. The standard InChI is InChI=1S/C13H10FN5/c14-12-7-10(6-11-2-1-5-15-8-11)3-4-13(12)19-17-9-16-18-19/h1-5,7-9H,6H2. The third-order valence-corrected chi connectivity index (χ3v) is 2.71. The van der Waals surface area contributed by atoms with Gasteiger partial charge in [-0.25, -0.2) is 4.39 Å². The fourth-order valence-electron chi connectivity index (χ4n) is 1.84. The van der Waals surface area contributed by atoms with E-state index in [2.05, 4.69) is 20.4 Å². The van der Waals surface area contributed by atoms with E-state index < -0.39 is 0 Å². The largest absolute Gasteiger partial charge is 0.264 e. The van der Waals surface area contributed by atoms with Gasteiger partial charge in [-0.1, -0.05) is 12.1 Å². The molecule has 3 rings (SSSR count). The van der Waals surface area contributed by atoms with Crippen LogP contribution in [0.2, 0.25) is 0 Å². The molecule has 6 heteroatoms. The zero-order valence-corrected chi connectivity index (χ0v) is 9.94. The molecule has 19 heavy (non-hydrogen) atoms. The van der Waals surface area contributed by atoms with Gasteiger partial charge in [-0.3, -0.25) is 4.98 Å². The van der Waals surface area contributed by atoms with Crippen LogP contribution in [0.4, 0.5) is 4.39 Å². The van der Waals surface area contributed by atoms with Crippen molar-refractivity contribution in [3.05, 3.63) is 66.0 Å². The van der Waals surface area contributed by atoms with Crippen molar-refractivity contribution in [2.75, 3.05) is 0 Å². The molecule has 0 amide bonds.